The lowest BCUT2D eigenvalue weighted by atomic mass is 10.0. The van der Waals surface area contributed by atoms with E-state index in [4.69, 9.17) is 5.11 Å². The first-order chi connectivity index (χ1) is 6.81. The molecule has 0 atom stereocenters. The Hall–Kier alpha value is -1.52. The largest absolute Gasteiger partial charge is 0.481 e. The zero-order valence-corrected chi connectivity index (χ0v) is 7.93. The van der Waals surface area contributed by atoms with Gasteiger partial charge < -0.3 is 5.11 Å². The van der Waals surface area contributed by atoms with Gasteiger partial charge in [-0.1, -0.05) is 0 Å². The quantitative estimate of drug-likeness (QED) is 0.846. The molecule has 1 aromatic rings. The van der Waals surface area contributed by atoms with Crippen LogP contribution < -0.4 is 0 Å². The first-order valence-electron chi connectivity index (χ1n) is 4.18. The number of carboxylic acid groups (broad SMARTS) is 1. The molecule has 0 heterocycles. The van der Waals surface area contributed by atoms with E-state index in [-0.39, 0.29) is 0 Å². The zero-order valence-electron chi connectivity index (χ0n) is 7.93. The minimum absolute atomic E-state index is 0.329. The maximum absolute atomic E-state index is 13.2. The number of hydrogen-bond acceptors (Lipinski definition) is 1. The van der Waals surface area contributed by atoms with Crippen molar-refractivity contribution in [3.8, 4) is 0 Å². The van der Waals surface area contributed by atoms with Crippen LogP contribution in [0.2, 0.25) is 0 Å². The van der Waals surface area contributed by atoms with Crippen LogP contribution in [0.5, 0.6) is 0 Å². The average molecular weight is 218 g/mol. The fourth-order valence-electron chi connectivity index (χ4n) is 1.24. The van der Waals surface area contributed by atoms with Crippen molar-refractivity contribution >= 4 is 5.97 Å². The van der Waals surface area contributed by atoms with Crippen molar-refractivity contribution in [3.63, 3.8) is 0 Å². The lowest BCUT2D eigenvalue weighted by Crippen LogP contribution is -2.18. The Labute approximate surface area is 84.3 Å². The van der Waals surface area contributed by atoms with Gasteiger partial charge >= 0.3 is 5.97 Å². The van der Waals surface area contributed by atoms with E-state index in [1.165, 1.54) is 6.92 Å². The third kappa shape index (κ3) is 2.97. The second-order valence-corrected chi connectivity index (χ2v) is 3.29. The number of benzene rings is 1. The van der Waals surface area contributed by atoms with E-state index in [0.29, 0.717) is 11.6 Å². The van der Waals surface area contributed by atoms with Crippen LogP contribution in [0.15, 0.2) is 18.2 Å². The Morgan fingerprint density at radius 2 is 2.00 bits per heavy atom. The number of alkyl halides is 2. The molecule has 0 radical (unpaired) electrons. The van der Waals surface area contributed by atoms with Crippen molar-refractivity contribution in [3.05, 3.63) is 35.1 Å². The van der Waals surface area contributed by atoms with Gasteiger partial charge in [0.15, 0.2) is 0 Å². The van der Waals surface area contributed by atoms with Crippen LogP contribution in [0, 0.1) is 12.7 Å². The summed E-state index contributed by atoms with van der Waals surface area (Å²) in [7, 11) is 0. The molecule has 0 spiro atoms. The molecule has 0 aliphatic rings. The molecule has 0 aliphatic heterocycles. The fraction of sp³-hybridized carbons (Fsp3) is 0.300. The van der Waals surface area contributed by atoms with Crippen molar-refractivity contribution in [1.29, 1.82) is 0 Å². The van der Waals surface area contributed by atoms with Gasteiger partial charge in [0.05, 0.1) is 0 Å². The Morgan fingerprint density at radius 3 is 2.47 bits per heavy atom. The monoisotopic (exact) mass is 218 g/mol. The molecule has 0 unspecified atom stereocenters. The second kappa shape index (κ2) is 3.92. The Morgan fingerprint density at radius 1 is 1.40 bits per heavy atom. The van der Waals surface area contributed by atoms with Gasteiger partial charge in [-0.25, -0.2) is 13.2 Å². The summed E-state index contributed by atoms with van der Waals surface area (Å²) in [5, 5.41) is 8.28. The van der Waals surface area contributed by atoms with Gasteiger partial charge in [-0.15, -0.1) is 0 Å². The van der Waals surface area contributed by atoms with E-state index in [2.05, 4.69) is 0 Å². The molecule has 1 N–H and O–H groups in total. The first kappa shape index (κ1) is 11.6. The van der Waals surface area contributed by atoms with E-state index in [1.54, 1.807) is 0 Å². The summed E-state index contributed by atoms with van der Waals surface area (Å²) in [6, 6.07) is 2.82. The summed E-state index contributed by atoms with van der Waals surface area (Å²) in [4.78, 5) is 10.2. The highest BCUT2D eigenvalue weighted by Gasteiger charge is 2.35. The molecule has 2 nitrogen and oxygen atoms in total. The van der Waals surface area contributed by atoms with Crippen molar-refractivity contribution < 1.29 is 23.1 Å². The van der Waals surface area contributed by atoms with Crippen LogP contribution in [0.25, 0.3) is 0 Å². The minimum Gasteiger partial charge on any atom is -0.481 e. The molecular formula is C10H9F3O2. The smallest absolute Gasteiger partial charge is 0.309 e. The number of carbonyl (C=O) groups is 1. The lowest BCUT2D eigenvalue weighted by molar-refractivity contribution is -0.145. The van der Waals surface area contributed by atoms with Gasteiger partial charge in [-0.2, -0.15) is 0 Å². The van der Waals surface area contributed by atoms with Crippen molar-refractivity contribution in [2.45, 2.75) is 19.3 Å². The van der Waals surface area contributed by atoms with Crippen molar-refractivity contribution in [2.24, 2.45) is 0 Å². The van der Waals surface area contributed by atoms with E-state index >= 15 is 0 Å². The third-order valence-electron chi connectivity index (χ3n) is 1.84. The predicted molar refractivity (Wildman–Crippen MR) is 47.3 cm³/mol. The van der Waals surface area contributed by atoms with Gasteiger partial charge in [-0.3, -0.25) is 4.79 Å². The normalized spacial score (nSPS) is 11.5. The van der Waals surface area contributed by atoms with E-state index < -0.39 is 29.7 Å². The number of hydrogen-bond donors (Lipinski definition) is 1. The molecule has 0 amide bonds. The lowest BCUT2D eigenvalue weighted by Gasteiger charge is -2.14. The van der Waals surface area contributed by atoms with Crippen LogP contribution in [0.3, 0.4) is 0 Å². The van der Waals surface area contributed by atoms with E-state index in [1.807, 2.05) is 0 Å². The summed E-state index contributed by atoms with van der Waals surface area (Å²) in [6.07, 6.45) is -1.34. The van der Waals surface area contributed by atoms with Crippen LogP contribution in [-0.4, -0.2) is 11.1 Å². The molecule has 0 aliphatic carbocycles. The third-order valence-corrected chi connectivity index (χ3v) is 1.84. The van der Waals surface area contributed by atoms with Gasteiger partial charge in [0.25, 0.3) is 5.92 Å². The van der Waals surface area contributed by atoms with E-state index in [0.717, 1.165) is 12.1 Å². The van der Waals surface area contributed by atoms with E-state index in [9.17, 15) is 18.0 Å². The summed E-state index contributed by atoms with van der Waals surface area (Å²) < 4.78 is 39.3. The Balaban J connectivity index is 3.08. The number of rotatable bonds is 3. The average Bonchev–Trinajstić information content (AvgIpc) is 1.99. The second-order valence-electron chi connectivity index (χ2n) is 3.29. The highest BCUT2D eigenvalue weighted by molar-refractivity contribution is 5.68. The molecule has 5 heteroatoms. The van der Waals surface area contributed by atoms with Gasteiger partial charge in [0.1, 0.15) is 12.2 Å². The van der Waals surface area contributed by atoms with Gasteiger partial charge in [0.2, 0.25) is 0 Å². The number of aryl methyl sites for hydroxylation is 1. The van der Waals surface area contributed by atoms with Crippen LogP contribution in [-0.2, 0) is 10.7 Å². The van der Waals surface area contributed by atoms with Crippen LogP contribution in [0.4, 0.5) is 13.2 Å². The summed E-state index contributed by atoms with van der Waals surface area (Å²) in [5.74, 6) is -5.96. The molecule has 15 heavy (non-hydrogen) atoms. The first-order valence-corrected chi connectivity index (χ1v) is 4.18. The Bertz CT molecular complexity index is 368. The van der Waals surface area contributed by atoms with Crippen molar-refractivity contribution in [2.75, 3.05) is 0 Å². The maximum Gasteiger partial charge on any atom is 0.309 e. The predicted octanol–water partition coefficient (Wildman–Crippen LogP) is 2.70. The summed E-state index contributed by atoms with van der Waals surface area (Å²) >= 11 is 0. The molecule has 0 bridgehead atoms. The molecule has 0 saturated heterocycles. The van der Waals surface area contributed by atoms with Gasteiger partial charge in [-0.05, 0) is 30.7 Å². The molecule has 1 rings (SSSR count). The van der Waals surface area contributed by atoms with Crippen molar-refractivity contribution in [1.82, 2.24) is 0 Å². The van der Waals surface area contributed by atoms with Gasteiger partial charge in [0, 0.05) is 5.56 Å². The fourth-order valence-corrected chi connectivity index (χ4v) is 1.24. The number of aliphatic carboxylic acids is 1. The van der Waals surface area contributed by atoms with Crippen LogP contribution in [0.1, 0.15) is 17.5 Å². The Kier molecular flexibility index (Phi) is 3.02. The number of halogens is 3. The summed E-state index contributed by atoms with van der Waals surface area (Å²) in [6.45, 7) is 1.46. The maximum atomic E-state index is 13.2. The standard InChI is InChI=1S/C10H9F3O2/c1-6-2-7(4-8(11)3-6)10(12,13)5-9(14)15/h2-4H,5H2,1H3,(H,14,15). The zero-order chi connectivity index (χ0) is 11.6. The molecule has 1 aromatic carbocycles. The minimum atomic E-state index is -3.54. The topological polar surface area (TPSA) is 37.3 Å². The molecular weight excluding hydrogens is 209 g/mol. The molecule has 0 aromatic heterocycles. The van der Waals surface area contributed by atoms with Crippen LogP contribution >= 0.6 is 0 Å². The molecule has 82 valence electrons. The highest BCUT2D eigenvalue weighted by Crippen LogP contribution is 2.32. The number of carboxylic acids is 1. The molecule has 0 saturated carbocycles. The highest BCUT2D eigenvalue weighted by atomic mass is 19.3. The SMILES string of the molecule is Cc1cc(F)cc(C(F)(F)CC(=O)O)c1. The summed E-state index contributed by atoms with van der Waals surface area (Å²) in [5.41, 5.74) is -0.280. The molecule has 0 fully saturated rings.